The van der Waals surface area contributed by atoms with Gasteiger partial charge in [0.15, 0.2) is 0 Å². The number of anilines is 1. The van der Waals surface area contributed by atoms with Crippen molar-refractivity contribution in [1.29, 1.82) is 0 Å². The van der Waals surface area contributed by atoms with Crippen molar-refractivity contribution < 1.29 is 23.8 Å². The van der Waals surface area contributed by atoms with Gasteiger partial charge in [0.1, 0.15) is 5.82 Å². The molecule has 0 atom stereocenters. The number of aliphatic hydroxyl groups excluding tert-OH is 1. The van der Waals surface area contributed by atoms with Gasteiger partial charge in [-0.05, 0) is 43.4 Å². The van der Waals surface area contributed by atoms with Crippen molar-refractivity contribution in [2.75, 3.05) is 12.4 Å². The number of methoxy groups -OCH3 is 1. The number of aliphatic hydroxyl groups is 1. The Morgan fingerprint density at radius 3 is 2.71 bits per heavy atom. The molecule has 0 bridgehead atoms. The summed E-state index contributed by atoms with van der Waals surface area (Å²) in [6.07, 6.45) is 1.58. The molecule has 1 aromatic rings. The van der Waals surface area contributed by atoms with Gasteiger partial charge in [-0.25, -0.2) is 9.18 Å². The minimum atomic E-state index is -0.773. The molecule has 1 saturated carbocycles. The summed E-state index contributed by atoms with van der Waals surface area (Å²) in [6, 6.07) is 2.57. The second-order valence-electron chi connectivity index (χ2n) is 5.64. The molecule has 2 aliphatic rings. The molecule has 1 aromatic carbocycles. The van der Waals surface area contributed by atoms with Crippen LogP contribution in [0.25, 0.3) is 0 Å². The van der Waals surface area contributed by atoms with Crippen LogP contribution in [0.15, 0.2) is 12.1 Å². The van der Waals surface area contributed by atoms with Crippen LogP contribution in [0, 0.1) is 5.82 Å². The fraction of sp³-hybridized carbons (Fsp3) is 0.467. The fourth-order valence-corrected chi connectivity index (χ4v) is 3.30. The van der Waals surface area contributed by atoms with E-state index in [0.29, 0.717) is 36.9 Å². The minimum Gasteiger partial charge on any atom is -0.465 e. The molecule has 112 valence electrons. The second-order valence-corrected chi connectivity index (χ2v) is 5.64. The summed E-state index contributed by atoms with van der Waals surface area (Å²) >= 11 is 0. The highest BCUT2D eigenvalue weighted by molar-refractivity contribution is 6.07. The highest BCUT2D eigenvalue weighted by Crippen LogP contribution is 2.48. The number of hydrogen-bond donors (Lipinski definition) is 2. The molecule has 21 heavy (non-hydrogen) atoms. The lowest BCUT2D eigenvalue weighted by molar-refractivity contribution is -0.122. The Morgan fingerprint density at radius 2 is 2.10 bits per heavy atom. The number of hydrogen-bond acceptors (Lipinski definition) is 4. The maximum Gasteiger partial charge on any atom is 0.340 e. The SMILES string of the molecule is COC(=O)c1cc2c(cc1F)NC(=O)C21CCC(O)CC1. The normalized spacial score (nSPS) is 27.4. The van der Waals surface area contributed by atoms with Gasteiger partial charge in [0, 0.05) is 5.69 Å². The van der Waals surface area contributed by atoms with Crippen LogP contribution in [0.3, 0.4) is 0 Å². The zero-order valence-electron chi connectivity index (χ0n) is 11.6. The van der Waals surface area contributed by atoms with Crippen LogP contribution in [-0.2, 0) is 14.9 Å². The van der Waals surface area contributed by atoms with Crippen LogP contribution in [0.5, 0.6) is 0 Å². The molecule has 5 nitrogen and oxygen atoms in total. The standard InChI is InChI=1S/C15H16FNO4/c1-21-13(19)9-6-10-12(7-11(9)16)17-14(20)15(10)4-2-8(18)3-5-15/h6-8,18H,2-5H2,1H3,(H,17,20). The Balaban J connectivity index is 2.09. The highest BCUT2D eigenvalue weighted by Gasteiger charge is 2.49. The molecular formula is C15H16FNO4. The molecular weight excluding hydrogens is 277 g/mol. The van der Waals surface area contributed by atoms with Crippen LogP contribution < -0.4 is 5.32 Å². The number of halogens is 1. The van der Waals surface area contributed by atoms with E-state index in [4.69, 9.17) is 0 Å². The van der Waals surface area contributed by atoms with Gasteiger partial charge in [-0.1, -0.05) is 0 Å². The number of ether oxygens (including phenoxy) is 1. The Kier molecular flexibility index (Phi) is 3.20. The summed E-state index contributed by atoms with van der Waals surface area (Å²) < 4.78 is 18.5. The Hall–Kier alpha value is -1.95. The van der Waals surface area contributed by atoms with Gasteiger partial charge in [-0.3, -0.25) is 4.79 Å². The van der Waals surface area contributed by atoms with E-state index < -0.39 is 23.3 Å². The van der Waals surface area contributed by atoms with Gasteiger partial charge in [0.2, 0.25) is 5.91 Å². The molecule has 0 radical (unpaired) electrons. The molecule has 1 aliphatic carbocycles. The van der Waals surface area contributed by atoms with Crippen molar-refractivity contribution in [3.05, 3.63) is 29.1 Å². The molecule has 1 heterocycles. The quantitative estimate of drug-likeness (QED) is 0.773. The number of benzene rings is 1. The van der Waals surface area contributed by atoms with Crippen molar-refractivity contribution in [3.63, 3.8) is 0 Å². The molecule has 2 N–H and O–H groups in total. The molecule has 1 fully saturated rings. The lowest BCUT2D eigenvalue weighted by Gasteiger charge is -2.33. The Morgan fingerprint density at radius 1 is 1.43 bits per heavy atom. The van der Waals surface area contributed by atoms with E-state index in [2.05, 4.69) is 10.1 Å². The van der Waals surface area contributed by atoms with Crippen LogP contribution in [0.4, 0.5) is 10.1 Å². The smallest absolute Gasteiger partial charge is 0.340 e. The lowest BCUT2D eigenvalue weighted by atomic mass is 9.69. The van der Waals surface area contributed by atoms with Crippen molar-refractivity contribution >= 4 is 17.6 Å². The van der Waals surface area contributed by atoms with Crippen LogP contribution >= 0.6 is 0 Å². The van der Waals surface area contributed by atoms with E-state index in [1.165, 1.54) is 19.2 Å². The minimum absolute atomic E-state index is 0.168. The maximum absolute atomic E-state index is 13.9. The van der Waals surface area contributed by atoms with Gasteiger partial charge in [0.25, 0.3) is 0 Å². The third-order valence-corrected chi connectivity index (χ3v) is 4.52. The maximum atomic E-state index is 13.9. The average Bonchev–Trinajstić information content (AvgIpc) is 2.72. The number of esters is 1. The van der Waals surface area contributed by atoms with Crippen molar-refractivity contribution in [2.45, 2.75) is 37.2 Å². The van der Waals surface area contributed by atoms with Crippen LogP contribution in [0.2, 0.25) is 0 Å². The summed E-state index contributed by atoms with van der Waals surface area (Å²) in [5.41, 5.74) is 0.0892. The van der Waals surface area contributed by atoms with Crippen LogP contribution in [-0.4, -0.2) is 30.2 Å². The molecule has 0 unspecified atom stereocenters. The number of nitrogens with one attached hydrogen (secondary N) is 1. The monoisotopic (exact) mass is 293 g/mol. The largest absolute Gasteiger partial charge is 0.465 e. The van der Waals surface area contributed by atoms with E-state index in [1.807, 2.05) is 0 Å². The topological polar surface area (TPSA) is 75.6 Å². The molecule has 1 aliphatic heterocycles. The molecule has 3 rings (SSSR count). The molecule has 0 aromatic heterocycles. The lowest BCUT2D eigenvalue weighted by Crippen LogP contribution is -2.39. The third kappa shape index (κ3) is 2.01. The predicted molar refractivity (Wildman–Crippen MR) is 72.5 cm³/mol. The zero-order valence-corrected chi connectivity index (χ0v) is 11.6. The summed E-state index contributed by atoms with van der Waals surface area (Å²) in [5, 5.41) is 12.3. The summed E-state index contributed by atoms with van der Waals surface area (Å²) in [4.78, 5) is 24.0. The highest BCUT2D eigenvalue weighted by atomic mass is 19.1. The number of fused-ring (bicyclic) bond motifs is 2. The van der Waals surface area contributed by atoms with E-state index >= 15 is 0 Å². The predicted octanol–water partition coefficient (Wildman–Crippen LogP) is 1.74. The van der Waals surface area contributed by atoms with Crippen molar-refractivity contribution in [2.24, 2.45) is 0 Å². The van der Waals surface area contributed by atoms with Gasteiger partial charge in [-0.15, -0.1) is 0 Å². The van der Waals surface area contributed by atoms with Crippen molar-refractivity contribution in [1.82, 2.24) is 0 Å². The fourth-order valence-electron chi connectivity index (χ4n) is 3.30. The van der Waals surface area contributed by atoms with Gasteiger partial charge in [0.05, 0.1) is 24.2 Å². The first-order valence-corrected chi connectivity index (χ1v) is 6.90. The number of carbonyl (C=O) groups is 2. The zero-order chi connectivity index (χ0) is 15.2. The van der Waals surface area contributed by atoms with Gasteiger partial charge in [-0.2, -0.15) is 0 Å². The molecule has 1 spiro atoms. The summed E-state index contributed by atoms with van der Waals surface area (Å²) in [5.74, 6) is -1.67. The first kappa shape index (κ1) is 14.0. The van der Waals surface area contributed by atoms with Gasteiger partial charge < -0.3 is 15.2 Å². The second kappa shape index (κ2) is 4.80. The van der Waals surface area contributed by atoms with E-state index in [9.17, 15) is 19.1 Å². The molecule has 6 heteroatoms. The Bertz CT molecular complexity index is 620. The van der Waals surface area contributed by atoms with Gasteiger partial charge >= 0.3 is 5.97 Å². The van der Waals surface area contributed by atoms with Crippen LogP contribution in [0.1, 0.15) is 41.6 Å². The van der Waals surface area contributed by atoms with E-state index in [1.54, 1.807) is 0 Å². The third-order valence-electron chi connectivity index (χ3n) is 4.52. The average molecular weight is 293 g/mol. The van der Waals surface area contributed by atoms with E-state index in [-0.39, 0.29) is 11.5 Å². The molecule has 0 saturated heterocycles. The summed E-state index contributed by atoms with van der Waals surface area (Å²) in [6.45, 7) is 0. The Labute approximate surface area is 121 Å². The molecule has 1 amide bonds. The first-order valence-electron chi connectivity index (χ1n) is 6.90. The number of rotatable bonds is 1. The number of amides is 1. The van der Waals surface area contributed by atoms with Crippen molar-refractivity contribution in [3.8, 4) is 0 Å². The van der Waals surface area contributed by atoms with E-state index in [0.717, 1.165) is 0 Å². The number of carbonyl (C=O) groups excluding carboxylic acids is 2. The first-order chi connectivity index (χ1) is 9.98. The summed E-state index contributed by atoms with van der Waals surface area (Å²) in [7, 11) is 1.19.